The van der Waals surface area contributed by atoms with Crippen molar-refractivity contribution in [3.63, 3.8) is 0 Å². The molecule has 1 aliphatic heterocycles. The van der Waals surface area contributed by atoms with Crippen molar-refractivity contribution in [2.75, 3.05) is 24.5 Å². The van der Waals surface area contributed by atoms with Crippen LogP contribution in [0.1, 0.15) is 26.2 Å². The average molecular weight is 269 g/mol. The minimum atomic E-state index is 0.618. The Hall–Kier alpha value is -1.61. The molecule has 1 saturated heterocycles. The number of fused-ring (bicyclic) bond motifs is 1. The third-order valence-corrected chi connectivity index (χ3v) is 4.12. The monoisotopic (exact) mass is 269 g/mol. The minimum absolute atomic E-state index is 0.618. The lowest BCUT2D eigenvalue weighted by molar-refractivity contribution is 0.571. The van der Waals surface area contributed by atoms with Crippen molar-refractivity contribution in [1.82, 2.24) is 10.3 Å². The van der Waals surface area contributed by atoms with Gasteiger partial charge in [0, 0.05) is 36.4 Å². The average Bonchev–Trinajstić information content (AvgIpc) is 2.95. The van der Waals surface area contributed by atoms with Crippen molar-refractivity contribution >= 4 is 16.6 Å². The molecule has 2 aromatic rings. The molecule has 0 saturated carbocycles. The van der Waals surface area contributed by atoms with E-state index in [2.05, 4.69) is 52.5 Å². The number of rotatable bonds is 5. The van der Waals surface area contributed by atoms with Gasteiger partial charge >= 0.3 is 0 Å². The maximum absolute atomic E-state index is 4.47. The second-order valence-corrected chi connectivity index (χ2v) is 5.54. The van der Waals surface area contributed by atoms with Gasteiger partial charge in [-0.2, -0.15) is 0 Å². The van der Waals surface area contributed by atoms with E-state index >= 15 is 0 Å². The SMILES string of the molecule is CCCNCC1CCCN1c1ccnc2ccccc12. The molecule has 0 aliphatic carbocycles. The summed E-state index contributed by atoms with van der Waals surface area (Å²) in [6, 6.07) is 11.2. The van der Waals surface area contributed by atoms with Crippen LogP contribution < -0.4 is 10.2 Å². The van der Waals surface area contributed by atoms with Crippen LogP contribution in [0.5, 0.6) is 0 Å². The number of nitrogens with zero attached hydrogens (tertiary/aromatic N) is 2. The van der Waals surface area contributed by atoms with Gasteiger partial charge in [0.15, 0.2) is 0 Å². The van der Waals surface area contributed by atoms with Crippen LogP contribution in [0, 0.1) is 0 Å². The Morgan fingerprint density at radius 3 is 3.10 bits per heavy atom. The molecular formula is C17H23N3. The Kier molecular flexibility index (Phi) is 4.16. The number of nitrogens with one attached hydrogen (secondary N) is 1. The van der Waals surface area contributed by atoms with E-state index in [1.54, 1.807) is 0 Å². The highest BCUT2D eigenvalue weighted by atomic mass is 15.2. The highest BCUT2D eigenvalue weighted by Gasteiger charge is 2.25. The van der Waals surface area contributed by atoms with Gasteiger partial charge in [-0.15, -0.1) is 0 Å². The van der Waals surface area contributed by atoms with Gasteiger partial charge in [-0.3, -0.25) is 4.98 Å². The normalized spacial score (nSPS) is 18.9. The van der Waals surface area contributed by atoms with Gasteiger partial charge in [0.2, 0.25) is 0 Å². The molecule has 3 nitrogen and oxygen atoms in total. The lowest BCUT2D eigenvalue weighted by atomic mass is 10.1. The molecule has 1 unspecified atom stereocenters. The highest BCUT2D eigenvalue weighted by Crippen LogP contribution is 2.30. The second kappa shape index (κ2) is 6.23. The summed E-state index contributed by atoms with van der Waals surface area (Å²) < 4.78 is 0. The quantitative estimate of drug-likeness (QED) is 0.845. The Labute approximate surface area is 121 Å². The molecule has 0 radical (unpaired) electrons. The summed E-state index contributed by atoms with van der Waals surface area (Å²) in [6.07, 6.45) is 5.71. The number of para-hydroxylation sites is 1. The molecular weight excluding hydrogens is 246 g/mol. The Bertz CT molecular complexity index is 562. The maximum Gasteiger partial charge on any atom is 0.0722 e. The molecule has 1 fully saturated rings. The van der Waals surface area contributed by atoms with Crippen LogP contribution in [-0.4, -0.2) is 30.7 Å². The van der Waals surface area contributed by atoms with Gasteiger partial charge in [0.1, 0.15) is 0 Å². The number of anilines is 1. The van der Waals surface area contributed by atoms with Crippen molar-refractivity contribution in [3.8, 4) is 0 Å². The molecule has 3 rings (SSSR count). The molecule has 0 bridgehead atoms. The molecule has 1 aromatic carbocycles. The minimum Gasteiger partial charge on any atom is -0.367 e. The van der Waals surface area contributed by atoms with Crippen LogP contribution in [-0.2, 0) is 0 Å². The number of hydrogen-bond donors (Lipinski definition) is 1. The number of pyridine rings is 1. The highest BCUT2D eigenvalue weighted by molar-refractivity contribution is 5.91. The van der Waals surface area contributed by atoms with E-state index < -0.39 is 0 Å². The molecule has 1 atom stereocenters. The summed E-state index contributed by atoms with van der Waals surface area (Å²) in [5.74, 6) is 0. The van der Waals surface area contributed by atoms with Crippen molar-refractivity contribution in [2.45, 2.75) is 32.2 Å². The van der Waals surface area contributed by atoms with Crippen LogP contribution >= 0.6 is 0 Å². The molecule has 3 heteroatoms. The van der Waals surface area contributed by atoms with Gasteiger partial charge in [-0.1, -0.05) is 25.1 Å². The molecule has 1 N–H and O–H groups in total. The van der Waals surface area contributed by atoms with Gasteiger partial charge in [-0.05, 0) is 37.9 Å². The summed E-state index contributed by atoms with van der Waals surface area (Å²) in [6.45, 7) is 5.58. The Balaban J connectivity index is 1.86. The van der Waals surface area contributed by atoms with E-state index in [4.69, 9.17) is 0 Å². The number of aromatic nitrogens is 1. The number of hydrogen-bond acceptors (Lipinski definition) is 3. The molecule has 1 aromatic heterocycles. The van der Waals surface area contributed by atoms with E-state index in [9.17, 15) is 0 Å². The van der Waals surface area contributed by atoms with Crippen LogP contribution in [0.4, 0.5) is 5.69 Å². The fraction of sp³-hybridized carbons (Fsp3) is 0.471. The first-order valence-electron chi connectivity index (χ1n) is 7.71. The third kappa shape index (κ3) is 2.63. The lowest BCUT2D eigenvalue weighted by Crippen LogP contribution is -2.38. The molecule has 20 heavy (non-hydrogen) atoms. The van der Waals surface area contributed by atoms with Crippen LogP contribution in [0.25, 0.3) is 10.9 Å². The molecule has 0 spiro atoms. The van der Waals surface area contributed by atoms with Crippen molar-refractivity contribution in [2.24, 2.45) is 0 Å². The summed E-state index contributed by atoms with van der Waals surface area (Å²) in [7, 11) is 0. The number of benzene rings is 1. The predicted molar refractivity (Wildman–Crippen MR) is 85.3 cm³/mol. The van der Waals surface area contributed by atoms with Gasteiger partial charge < -0.3 is 10.2 Å². The largest absolute Gasteiger partial charge is 0.367 e. The fourth-order valence-electron chi connectivity index (χ4n) is 3.14. The van der Waals surface area contributed by atoms with E-state index in [-0.39, 0.29) is 0 Å². The molecule has 1 aliphatic rings. The zero-order valence-corrected chi connectivity index (χ0v) is 12.2. The summed E-state index contributed by atoms with van der Waals surface area (Å²) in [5.41, 5.74) is 2.44. The van der Waals surface area contributed by atoms with E-state index in [0.717, 1.165) is 25.2 Å². The van der Waals surface area contributed by atoms with Crippen molar-refractivity contribution in [1.29, 1.82) is 0 Å². The first-order valence-corrected chi connectivity index (χ1v) is 7.71. The smallest absolute Gasteiger partial charge is 0.0722 e. The molecule has 2 heterocycles. The maximum atomic E-state index is 4.47. The Morgan fingerprint density at radius 1 is 1.30 bits per heavy atom. The fourth-order valence-corrected chi connectivity index (χ4v) is 3.14. The summed E-state index contributed by atoms with van der Waals surface area (Å²) in [4.78, 5) is 7.03. The lowest BCUT2D eigenvalue weighted by Gasteiger charge is -2.28. The van der Waals surface area contributed by atoms with Gasteiger partial charge in [0.05, 0.1) is 5.52 Å². The van der Waals surface area contributed by atoms with E-state index in [1.165, 1.54) is 30.3 Å². The zero-order chi connectivity index (χ0) is 13.8. The topological polar surface area (TPSA) is 28.2 Å². The second-order valence-electron chi connectivity index (χ2n) is 5.54. The molecule has 0 amide bonds. The van der Waals surface area contributed by atoms with Gasteiger partial charge in [0.25, 0.3) is 0 Å². The standard InChI is InChI=1S/C17H23N3/c1-2-10-18-13-14-6-5-12-20(14)17-9-11-19-16-8-4-3-7-15(16)17/h3-4,7-9,11,14,18H,2,5-6,10,12-13H2,1H3. The third-order valence-electron chi connectivity index (χ3n) is 4.12. The first kappa shape index (κ1) is 13.4. The van der Waals surface area contributed by atoms with Crippen molar-refractivity contribution < 1.29 is 0 Å². The van der Waals surface area contributed by atoms with Crippen LogP contribution in [0.2, 0.25) is 0 Å². The van der Waals surface area contributed by atoms with E-state index in [1.807, 2.05) is 6.20 Å². The molecule has 106 valence electrons. The van der Waals surface area contributed by atoms with Gasteiger partial charge in [-0.25, -0.2) is 0 Å². The van der Waals surface area contributed by atoms with Crippen LogP contribution in [0.15, 0.2) is 36.5 Å². The van der Waals surface area contributed by atoms with Crippen molar-refractivity contribution in [3.05, 3.63) is 36.5 Å². The summed E-state index contributed by atoms with van der Waals surface area (Å²) in [5, 5.41) is 4.84. The first-order chi connectivity index (χ1) is 9.90. The predicted octanol–water partition coefficient (Wildman–Crippen LogP) is 3.20. The van der Waals surface area contributed by atoms with Crippen LogP contribution in [0.3, 0.4) is 0 Å². The summed E-state index contributed by atoms with van der Waals surface area (Å²) >= 11 is 0. The van der Waals surface area contributed by atoms with E-state index in [0.29, 0.717) is 6.04 Å². The zero-order valence-electron chi connectivity index (χ0n) is 12.2. The Morgan fingerprint density at radius 2 is 2.20 bits per heavy atom.